The van der Waals surface area contributed by atoms with E-state index in [-0.39, 0.29) is 10.7 Å². The summed E-state index contributed by atoms with van der Waals surface area (Å²) in [7, 11) is 0. The molecule has 0 spiro atoms. The molecule has 0 aliphatic rings. The lowest BCUT2D eigenvalue weighted by molar-refractivity contribution is -0.384. The zero-order valence-electron chi connectivity index (χ0n) is 10.5. The molecule has 0 N–H and O–H groups in total. The average Bonchev–Trinajstić information content (AvgIpc) is 2.46. The van der Waals surface area contributed by atoms with Gasteiger partial charge in [0, 0.05) is 6.07 Å². The molecule has 2 aromatic carbocycles. The summed E-state index contributed by atoms with van der Waals surface area (Å²) in [6, 6.07) is 15.9. The quantitative estimate of drug-likeness (QED) is 0.462. The van der Waals surface area contributed by atoms with Gasteiger partial charge in [-0.25, -0.2) is 0 Å². The Morgan fingerprint density at radius 3 is 2.60 bits per heavy atom. The van der Waals surface area contributed by atoms with Gasteiger partial charge in [-0.1, -0.05) is 42.5 Å². The molecule has 0 saturated heterocycles. The molecule has 0 aliphatic carbocycles. The third kappa shape index (κ3) is 4.20. The summed E-state index contributed by atoms with van der Waals surface area (Å²) in [5, 5.41) is 10.3. The number of rotatable bonds is 5. The molecule has 2 rings (SSSR count). The van der Waals surface area contributed by atoms with Gasteiger partial charge in [0.05, 0.1) is 11.0 Å². The smallest absolute Gasteiger partial charge is 0.273 e. The van der Waals surface area contributed by atoms with Gasteiger partial charge in [0.25, 0.3) is 5.69 Å². The van der Waals surface area contributed by atoms with Crippen molar-refractivity contribution in [3.8, 4) is 5.75 Å². The van der Waals surface area contributed by atoms with Crippen LogP contribution in [0.15, 0.2) is 60.7 Å². The van der Waals surface area contributed by atoms with E-state index in [0.29, 0.717) is 5.75 Å². The lowest BCUT2D eigenvalue weighted by Crippen LogP contribution is -2.04. The zero-order chi connectivity index (χ0) is 14.4. The Balaban J connectivity index is 2.01. The number of nitrogens with zero attached hydrogens (tertiary/aromatic N) is 1. The van der Waals surface area contributed by atoms with Gasteiger partial charge in [-0.2, -0.15) is 0 Å². The molecule has 0 bridgehead atoms. The first kappa shape index (κ1) is 14.3. The van der Waals surface area contributed by atoms with Crippen LogP contribution in [0.3, 0.4) is 0 Å². The van der Waals surface area contributed by atoms with Crippen LogP contribution in [0.2, 0.25) is 0 Å². The van der Waals surface area contributed by atoms with Gasteiger partial charge < -0.3 is 4.74 Å². The maximum atomic E-state index is 10.7. The highest BCUT2D eigenvalue weighted by Crippen LogP contribution is 2.22. The van der Waals surface area contributed by atoms with E-state index in [1.54, 1.807) is 12.1 Å². The molecule has 0 saturated carbocycles. The Hall–Kier alpha value is -2.14. The minimum atomic E-state index is -0.449. The molecule has 1 unspecified atom stereocenters. The fraction of sp³-hybridized carbons (Fsp3) is 0.0667. The maximum Gasteiger partial charge on any atom is 0.273 e. The predicted molar refractivity (Wildman–Crippen MR) is 81.9 cm³/mol. The van der Waals surface area contributed by atoms with Crippen molar-refractivity contribution in [1.29, 1.82) is 0 Å². The van der Waals surface area contributed by atoms with Crippen LogP contribution in [-0.4, -0.2) is 9.94 Å². The SMILES string of the molecule is O=[N+]([O-])c1cccc(OC(Br)/C=C/c2ccccc2)c1. The second-order valence-corrected chi connectivity index (χ2v) is 4.90. The van der Waals surface area contributed by atoms with Crippen LogP contribution < -0.4 is 4.74 Å². The molecule has 0 fully saturated rings. The van der Waals surface area contributed by atoms with E-state index >= 15 is 0 Å². The van der Waals surface area contributed by atoms with Crippen LogP contribution in [0.25, 0.3) is 6.08 Å². The first-order valence-electron chi connectivity index (χ1n) is 5.93. The standard InChI is InChI=1S/C15H12BrNO3/c16-15(10-9-12-5-2-1-3-6-12)20-14-8-4-7-13(11-14)17(18)19/h1-11,15H/b10-9+. The summed E-state index contributed by atoms with van der Waals surface area (Å²) in [6.07, 6.45) is 3.74. The van der Waals surface area contributed by atoms with E-state index in [2.05, 4.69) is 15.9 Å². The number of nitro benzene ring substituents is 1. The van der Waals surface area contributed by atoms with Crippen LogP contribution in [-0.2, 0) is 0 Å². The van der Waals surface area contributed by atoms with Gasteiger partial charge in [0.2, 0.25) is 0 Å². The monoisotopic (exact) mass is 333 g/mol. The van der Waals surface area contributed by atoms with Crippen molar-refractivity contribution >= 4 is 27.7 Å². The normalized spacial score (nSPS) is 12.2. The highest BCUT2D eigenvalue weighted by molar-refractivity contribution is 9.09. The number of non-ortho nitro benzene ring substituents is 1. The molecule has 0 aliphatic heterocycles. The minimum absolute atomic E-state index is 0.00855. The summed E-state index contributed by atoms with van der Waals surface area (Å²) in [6.45, 7) is 0. The summed E-state index contributed by atoms with van der Waals surface area (Å²) < 4.78 is 5.55. The summed E-state index contributed by atoms with van der Waals surface area (Å²) in [5.41, 5.74) is 1.06. The number of halogens is 1. The van der Waals surface area contributed by atoms with E-state index in [0.717, 1.165) is 5.56 Å². The van der Waals surface area contributed by atoms with Crippen LogP contribution in [0.5, 0.6) is 5.75 Å². The summed E-state index contributed by atoms with van der Waals surface area (Å²) in [4.78, 5) is 10.2. The first-order chi connectivity index (χ1) is 9.65. The maximum absolute atomic E-state index is 10.7. The van der Waals surface area contributed by atoms with Gasteiger partial charge in [0.15, 0.2) is 5.01 Å². The van der Waals surface area contributed by atoms with Crippen molar-refractivity contribution in [3.05, 3.63) is 76.4 Å². The van der Waals surface area contributed by atoms with E-state index < -0.39 is 4.92 Å². The molecule has 5 heteroatoms. The van der Waals surface area contributed by atoms with Gasteiger partial charge in [-0.15, -0.1) is 0 Å². The van der Waals surface area contributed by atoms with E-state index in [1.165, 1.54) is 12.1 Å². The summed E-state index contributed by atoms with van der Waals surface area (Å²) >= 11 is 3.35. The zero-order valence-corrected chi connectivity index (χ0v) is 12.1. The van der Waals surface area contributed by atoms with Crippen molar-refractivity contribution in [1.82, 2.24) is 0 Å². The van der Waals surface area contributed by atoms with Gasteiger partial charge >= 0.3 is 0 Å². The Bertz CT molecular complexity index is 614. The number of hydrogen-bond donors (Lipinski definition) is 0. The molecule has 1 atom stereocenters. The fourth-order valence-corrected chi connectivity index (χ4v) is 1.96. The highest BCUT2D eigenvalue weighted by atomic mass is 79.9. The molecular weight excluding hydrogens is 322 g/mol. The van der Waals surface area contributed by atoms with Crippen LogP contribution in [0.4, 0.5) is 5.69 Å². The van der Waals surface area contributed by atoms with Gasteiger partial charge in [-0.05, 0) is 33.6 Å². The lowest BCUT2D eigenvalue weighted by atomic mass is 10.2. The van der Waals surface area contributed by atoms with E-state index in [9.17, 15) is 10.1 Å². The van der Waals surface area contributed by atoms with Gasteiger partial charge in [0.1, 0.15) is 5.75 Å². The fourth-order valence-electron chi connectivity index (χ4n) is 1.59. The Kier molecular flexibility index (Phi) is 4.90. The average molecular weight is 334 g/mol. The number of hydrogen-bond acceptors (Lipinski definition) is 3. The molecule has 4 nitrogen and oxygen atoms in total. The van der Waals surface area contributed by atoms with Gasteiger partial charge in [-0.3, -0.25) is 10.1 Å². The van der Waals surface area contributed by atoms with Crippen molar-refractivity contribution in [2.24, 2.45) is 0 Å². The predicted octanol–water partition coefficient (Wildman–Crippen LogP) is 4.41. The molecule has 0 heterocycles. The molecule has 0 amide bonds. The number of benzene rings is 2. The van der Waals surface area contributed by atoms with E-state index in [1.807, 2.05) is 42.5 Å². The first-order valence-corrected chi connectivity index (χ1v) is 6.85. The Morgan fingerprint density at radius 1 is 1.15 bits per heavy atom. The molecule has 102 valence electrons. The van der Waals surface area contributed by atoms with Crippen molar-refractivity contribution in [2.75, 3.05) is 0 Å². The number of alkyl halides is 1. The Labute approximate surface area is 125 Å². The number of nitro groups is 1. The molecule has 0 radical (unpaired) electrons. The molecule has 2 aromatic rings. The lowest BCUT2D eigenvalue weighted by Gasteiger charge is -2.08. The third-order valence-electron chi connectivity index (χ3n) is 2.52. The van der Waals surface area contributed by atoms with Crippen LogP contribution >= 0.6 is 15.9 Å². The third-order valence-corrected chi connectivity index (χ3v) is 3.01. The minimum Gasteiger partial charge on any atom is -0.475 e. The van der Waals surface area contributed by atoms with Crippen LogP contribution in [0, 0.1) is 10.1 Å². The van der Waals surface area contributed by atoms with Crippen molar-refractivity contribution in [3.63, 3.8) is 0 Å². The highest BCUT2D eigenvalue weighted by Gasteiger charge is 2.08. The summed E-state index contributed by atoms with van der Waals surface area (Å²) in [5.74, 6) is 0.443. The second-order valence-electron chi connectivity index (χ2n) is 3.99. The largest absolute Gasteiger partial charge is 0.475 e. The topological polar surface area (TPSA) is 52.4 Å². The van der Waals surface area contributed by atoms with Crippen LogP contribution in [0.1, 0.15) is 5.56 Å². The Morgan fingerprint density at radius 2 is 1.90 bits per heavy atom. The van der Waals surface area contributed by atoms with E-state index in [4.69, 9.17) is 4.74 Å². The van der Waals surface area contributed by atoms with Crippen molar-refractivity contribution < 1.29 is 9.66 Å². The second kappa shape index (κ2) is 6.86. The molecular formula is C15H12BrNO3. The molecule has 20 heavy (non-hydrogen) atoms. The van der Waals surface area contributed by atoms with Crippen molar-refractivity contribution in [2.45, 2.75) is 5.01 Å². The number of ether oxygens (including phenoxy) is 1. The molecule has 0 aromatic heterocycles.